The predicted molar refractivity (Wildman–Crippen MR) is 118 cm³/mol. The Morgan fingerprint density at radius 3 is 1.77 bits per heavy atom. The second-order valence-electron chi connectivity index (χ2n) is 8.05. The monoisotopic (exact) mass is 469 g/mol. The second kappa shape index (κ2) is 14.0. The van der Waals surface area contributed by atoms with Gasteiger partial charge in [-0.2, -0.15) is 0 Å². The van der Waals surface area contributed by atoms with E-state index < -0.39 is 18.8 Å². The van der Waals surface area contributed by atoms with Crippen LogP contribution in [0.2, 0.25) is 13.3 Å². The number of hydrogen-bond donors (Lipinski definition) is 0. The van der Waals surface area contributed by atoms with Crippen molar-refractivity contribution in [2.75, 3.05) is 14.1 Å². The van der Waals surface area contributed by atoms with Gasteiger partial charge in [0.2, 0.25) is 0 Å². The van der Waals surface area contributed by atoms with E-state index in [-0.39, 0.29) is 6.23 Å². The van der Waals surface area contributed by atoms with Crippen molar-refractivity contribution in [1.29, 1.82) is 0 Å². The average molecular weight is 468 g/mol. The van der Waals surface area contributed by atoms with E-state index >= 15 is 0 Å². The van der Waals surface area contributed by atoms with Crippen LogP contribution in [0.25, 0.3) is 0 Å². The minimum atomic E-state index is -2.55. The van der Waals surface area contributed by atoms with E-state index in [1.54, 1.807) is 0 Å². The first-order valence-electron chi connectivity index (χ1n) is 10.9. The molecule has 0 fully saturated rings. The fourth-order valence-corrected chi connectivity index (χ4v) is 18.0. The molecule has 1 aromatic rings. The Labute approximate surface area is 168 Å². The molecule has 0 N–H and O–H groups in total. The standard InChI is InChI=1S/C11H16NO.3C4H9.Sn/c1-12(2)11(13)9-8-10-6-4-3-5-7-10;3*1-3-4-2;/h3-7,11H,8-9H2,1-2H3;3*1,3-4H2,2H3;/q-1;;;;+1. The molecule has 1 aromatic carbocycles. The van der Waals surface area contributed by atoms with Gasteiger partial charge in [0, 0.05) is 0 Å². The molecular weight excluding hydrogens is 425 g/mol. The Hall–Kier alpha value is -0.0613. The van der Waals surface area contributed by atoms with Crippen LogP contribution in [-0.2, 0) is 9.49 Å². The first-order chi connectivity index (χ1) is 12.6. The van der Waals surface area contributed by atoms with Crippen molar-refractivity contribution < 1.29 is 3.07 Å². The van der Waals surface area contributed by atoms with Gasteiger partial charge < -0.3 is 0 Å². The number of benzene rings is 1. The summed E-state index contributed by atoms with van der Waals surface area (Å²) in [7, 11) is 4.40. The summed E-state index contributed by atoms with van der Waals surface area (Å²) in [6.07, 6.45) is 10.5. The fraction of sp³-hybridized carbons (Fsp3) is 0.739. The molecule has 0 saturated heterocycles. The molecule has 3 heteroatoms. The normalized spacial score (nSPS) is 13.3. The minimum absolute atomic E-state index is 0.288. The molecule has 2 nitrogen and oxygen atoms in total. The number of hydrogen-bond acceptors (Lipinski definition) is 2. The third kappa shape index (κ3) is 9.23. The van der Waals surface area contributed by atoms with Crippen LogP contribution in [-0.4, -0.2) is 44.0 Å². The zero-order valence-corrected chi connectivity index (χ0v) is 21.0. The Morgan fingerprint density at radius 1 is 0.846 bits per heavy atom. The first kappa shape index (κ1) is 24.0. The molecular formula is C23H43NOSn. The van der Waals surface area contributed by atoms with Crippen LogP contribution in [0.15, 0.2) is 30.3 Å². The molecule has 0 spiro atoms. The summed E-state index contributed by atoms with van der Waals surface area (Å²) >= 11 is -2.55. The van der Waals surface area contributed by atoms with Crippen LogP contribution in [0.5, 0.6) is 0 Å². The zero-order chi connectivity index (χ0) is 19.3. The van der Waals surface area contributed by atoms with Crippen LogP contribution in [0.1, 0.15) is 71.3 Å². The van der Waals surface area contributed by atoms with Crippen LogP contribution >= 0.6 is 0 Å². The van der Waals surface area contributed by atoms with Crippen molar-refractivity contribution in [2.45, 2.75) is 91.7 Å². The van der Waals surface area contributed by atoms with Crippen LogP contribution in [0, 0.1) is 0 Å². The maximum absolute atomic E-state index is 7.16. The summed E-state index contributed by atoms with van der Waals surface area (Å²) in [5, 5.41) is 0. The Balaban J connectivity index is 2.84. The van der Waals surface area contributed by atoms with E-state index in [4.69, 9.17) is 3.07 Å². The summed E-state index contributed by atoms with van der Waals surface area (Å²) in [5.74, 6) is 0. The van der Waals surface area contributed by atoms with Gasteiger partial charge in [0.05, 0.1) is 0 Å². The van der Waals surface area contributed by atoms with E-state index in [1.165, 1.54) is 57.4 Å². The van der Waals surface area contributed by atoms with Crippen molar-refractivity contribution in [3.8, 4) is 0 Å². The van der Waals surface area contributed by atoms with Crippen LogP contribution in [0.4, 0.5) is 0 Å². The van der Waals surface area contributed by atoms with Gasteiger partial charge in [0.25, 0.3) is 0 Å². The molecule has 26 heavy (non-hydrogen) atoms. The molecule has 0 aliphatic carbocycles. The topological polar surface area (TPSA) is 12.5 Å². The van der Waals surface area contributed by atoms with Crippen molar-refractivity contribution in [3.05, 3.63) is 35.9 Å². The molecule has 0 bridgehead atoms. The first-order valence-corrected chi connectivity index (χ1v) is 18.2. The van der Waals surface area contributed by atoms with E-state index in [0.717, 1.165) is 12.8 Å². The maximum atomic E-state index is 7.16. The third-order valence-electron chi connectivity index (χ3n) is 5.44. The number of unbranched alkanes of at least 4 members (excludes halogenated alkanes) is 3. The van der Waals surface area contributed by atoms with E-state index in [1.807, 2.05) is 0 Å². The van der Waals surface area contributed by atoms with Gasteiger partial charge in [0.15, 0.2) is 0 Å². The Bertz CT molecular complexity index is 427. The van der Waals surface area contributed by atoms with Crippen molar-refractivity contribution in [2.24, 2.45) is 0 Å². The van der Waals surface area contributed by atoms with Crippen LogP contribution in [0.3, 0.4) is 0 Å². The van der Waals surface area contributed by atoms with E-state index in [9.17, 15) is 0 Å². The van der Waals surface area contributed by atoms with Gasteiger partial charge in [-0.25, -0.2) is 0 Å². The Morgan fingerprint density at radius 2 is 1.35 bits per heavy atom. The molecule has 0 heterocycles. The zero-order valence-electron chi connectivity index (χ0n) is 18.1. The van der Waals surface area contributed by atoms with Gasteiger partial charge >= 0.3 is 168 Å². The fourth-order valence-electron chi connectivity index (χ4n) is 3.69. The molecule has 1 unspecified atom stereocenters. The van der Waals surface area contributed by atoms with Gasteiger partial charge in [-0.1, -0.05) is 0 Å². The molecule has 1 rings (SSSR count). The molecule has 0 aromatic heterocycles. The van der Waals surface area contributed by atoms with Gasteiger partial charge in [-0.3, -0.25) is 0 Å². The number of nitrogens with zero attached hydrogens (tertiary/aromatic N) is 1. The SMILES string of the molecule is CCC[CH2][Sn]([CH2]CCC)([CH2]CCC)[O]C(CCc1ccccc1)N(C)C. The van der Waals surface area contributed by atoms with Crippen molar-refractivity contribution in [1.82, 2.24) is 4.90 Å². The van der Waals surface area contributed by atoms with Crippen molar-refractivity contribution >= 4 is 18.8 Å². The molecule has 1 atom stereocenters. The summed E-state index contributed by atoms with van der Waals surface area (Å²) in [6.45, 7) is 6.99. The molecule has 0 radical (unpaired) electrons. The number of aryl methyl sites for hydroxylation is 1. The average Bonchev–Trinajstić information content (AvgIpc) is 2.66. The summed E-state index contributed by atoms with van der Waals surface area (Å²) in [5.41, 5.74) is 1.43. The predicted octanol–water partition coefficient (Wildman–Crippen LogP) is 6.87. The van der Waals surface area contributed by atoms with Gasteiger partial charge in [-0.05, 0) is 0 Å². The summed E-state index contributed by atoms with van der Waals surface area (Å²) in [4.78, 5) is 2.33. The Kier molecular flexibility index (Phi) is 12.9. The number of rotatable bonds is 15. The molecule has 0 aliphatic rings. The van der Waals surface area contributed by atoms with E-state index in [2.05, 4.69) is 70.1 Å². The van der Waals surface area contributed by atoms with Crippen LogP contribution < -0.4 is 0 Å². The molecule has 150 valence electrons. The molecule has 0 aliphatic heterocycles. The second-order valence-corrected chi connectivity index (χ2v) is 19.8. The summed E-state index contributed by atoms with van der Waals surface area (Å²) < 4.78 is 11.4. The molecule has 0 amide bonds. The van der Waals surface area contributed by atoms with Crippen molar-refractivity contribution in [3.63, 3.8) is 0 Å². The molecule has 0 saturated carbocycles. The van der Waals surface area contributed by atoms with E-state index in [0.29, 0.717) is 0 Å². The van der Waals surface area contributed by atoms with Gasteiger partial charge in [0.1, 0.15) is 0 Å². The quantitative estimate of drug-likeness (QED) is 0.206. The summed E-state index contributed by atoms with van der Waals surface area (Å²) in [6, 6.07) is 10.9. The third-order valence-corrected chi connectivity index (χ3v) is 18.5. The van der Waals surface area contributed by atoms with Gasteiger partial charge in [-0.15, -0.1) is 0 Å².